The smallest absolute Gasteiger partial charge is 0.257 e. The van der Waals surface area contributed by atoms with E-state index < -0.39 is 0 Å². The molecule has 1 atom stereocenters. The number of carbonyl (C=O) groups excluding carboxylic acids is 1. The van der Waals surface area contributed by atoms with E-state index in [1.165, 1.54) is 0 Å². The predicted molar refractivity (Wildman–Crippen MR) is 95.3 cm³/mol. The fourth-order valence-electron chi connectivity index (χ4n) is 3.03. The van der Waals surface area contributed by atoms with E-state index in [0.717, 1.165) is 35.5 Å². The van der Waals surface area contributed by atoms with Crippen LogP contribution in [-0.2, 0) is 0 Å². The van der Waals surface area contributed by atoms with Crippen LogP contribution in [0.25, 0.3) is 0 Å². The number of piperidine rings is 1. The Hall–Kier alpha value is -1.96. The Morgan fingerprint density at radius 3 is 2.92 bits per heavy atom. The molecule has 7 nitrogen and oxygen atoms in total. The molecule has 2 aromatic rings. The molecule has 0 bridgehead atoms. The molecule has 3 rings (SSSR count). The molecule has 3 heterocycles. The summed E-state index contributed by atoms with van der Waals surface area (Å²) < 4.78 is 0.801. The van der Waals surface area contributed by atoms with Crippen LogP contribution in [-0.4, -0.2) is 58.2 Å². The maximum atomic E-state index is 13.0. The number of hydrogen-bond acceptors (Lipinski definition) is 5. The van der Waals surface area contributed by atoms with Gasteiger partial charge in [-0.05, 0) is 41.8 Å². The molecule has 0 radical (unpaired) electrons. The lowest BCUT2D eigenvalue weighted by Crippen LogP contribution is -2.40. The van der Waals surface area contributed by atoms with Crippen molar-refractivity contribution in [1.29, 1.82) is 0 Å². The second-order valence-corrected chi connectivity index (χ2v) is 7.20. The highest BCUT2D eigenvalue weighted by Crippen LogP contribution is 2.28. The van der Waals surface area contributed by atoms with Gasteiger partial charge in [0.05, 0.1) is 5.56 Å². The number of aromatic amines is 1. The Balaban J connectivity index is 1.83. The molecule has 0 aromatic carbocycles. The molecule has 1 aliphatic rings. The van der Waals surface area contributed by atoms with Crippen LogP contribution < -0.4 is 4.90 Å². The topological polar surface area (TPSA) is 78.0 Å². The molecule has 1 unspecified atom stereocenters. The SMILES string of the molecule is Cc1nc(C2CCCN(C(=O)c3cc(Br)cnc3N(C)C)C2)n[nH]1. The molecular formula is C16H21BrN6O. The number of likely N-dealkylation sites (tertiary alicyclic amines) is 1. The van der Waals surface area contributed by atoms with Gasteiger partial charge in [-0.15, -0.1) is 0 Å². The van der Waals surface area contributed by atoms with Gasteiger partial charge in [-0.3, -0.25) is 9.89 Å². The quantitative estimate of drug-likeness (QED) is 0.866. The van der Waals surface area contributed by atoms with Gasteiger partial charge >= 0.3 is 0 Å². The molecule has 0 saturated carbocycles. The van der Waals surface area contributed by atoms with Crippen molar-refractivity contribution in [1.82, 2.24) is 25.1 Å². The first-order chi connectivity index (χ1) is 11.5. The number of amides is 1. The van der Waals surface area contributed by atoms with Gasteiger partial charge in [0.2, 0.25) is 0 Å². The lowest BCUT2D eigenvalue weighted by Gasteiger charge is -2.32. The first-order valence-electron chi connectivity index (χ1n) is 7.96. The molecule has 0 aliphatic carbocycles. The minimum Gasteiger partial charge on any atom is -0.362 e. The summed E-state index contributed by atoms with van der Waals surface area (Å²) in [5, 5.41) is 7.15. The highest BCUT2D eigenvalue weighted by atomic mass is 79.9. The number of nitrogens with zero attached hydrogens (tertiary/aromatic N) is 5. The molecule has 2 aromatic heterocycles. The summed E-state index contributed by atoms with van der Waals surface area (Å²) in [6.45, 7) is 3.27. The monoisotopic (exact) mass is 392 g/mol. The summed E-state index contributed by atoms with van der Waals surface area (Å²) in [6.07, 6.45) is 3.66. The van der Waals surface area contributed by atoms with Crippen LogP contribution in [0.15, 0.2) is 16.7 Å². The summed E-state index contributed by atoms with van der Waals surface area (Å²) in [5.74, 6) is 2.46. The predicted octanol–water partition coefficient (Wildman–Crippen LogP) is 2.36. The average Bonchev–Trinajstić information content (AvgIpc) is 3.00. The maximum absolute atomic E-state index is 13.0. The number of anilines is 1. The number of carbonyl (C=O) groups is 1. The average molecular weight is 393 g/mol. The van der Waals surface area contributed by atoms with E-state index in [0.29, 0.717) is 17.9 Å². The van der Waals surface area contributed by atoms with E-state index in [9.17, 15) is 4.79 Å². The van der Waals surface area contributed by atoms with Gasteiger partial charge in [-0.2, -0.15) is 5.10 Å². The van der Waals surface area contributed by atoms with Crippen molar-refractivity contribution in [2.75, 3.05) is 32.1 Å². The number of aromatic nitrogens is 4. The summed E-state index contributed by atoms with van der Waals surface area (Å²) >= 11 is 3.41. The van der Waals surface area contributed by atoms with E-state index in [1.807, 2.05) is 36.9 Å². The highest BCUT2D eigenvalue weighted by molar-refractivity contribution is 9.10. The van der Waals surface area contributed by atoms with Crippen LogP contribution in [0.2, 0.25) is 0 Å². The standard InChI is InChI=1S/C16H21BrN6O/c1-10-19-14(21-20-10)11-5-4-6-23(9-11)16(24)13-7-12(17)8-18-15(13)22(2)3/h7-8,11H,4-6,9H2,1-3H3,(H,19,20,21). The van der Waals surface area contributed by atoms with E-state index in [1.54, 1.807) is 6.20 Å². The Morgan fingerprint density at radius 1 is 1.46 bits per heavy atom. The maximum Gasteiger partial charge on any atom is 0.257 e. The number of aryl methyl sites for hydroxylation is 1. The third kappa shape index (κ3) is 3.43. The van der Waals surface area contributed by atoms with Crippen molar-refractivity contribution >= 4 is 27.7 Å². The number of nitrogens with one attached hydrogen (secondary N) is 1. The van der Waals surface area contributed by atoms with Gasteiger partial charge in [0.1, 0.15) is 11.6 Å². The van der Waals surface area contributed by atoms with Crippen LogP contribution in [0.1, 0.15) is 40.8 Å². The Labute approximate surface area is 149 Å². The van der Waals surface area contributed by atoms with E-state index in [4.69, 9.17) is 0 Å². The molecule has 1 N–H and O–H groups in total. The van der Waals surface area contributed by atoms with Crippen molar-refractivity contribution in [3.63, 3.8) is 0 Å². The van der Waals surface area contributed by atoms with Crippen LogP contribution >= 0.6 is 15.9 Å². The molecule has 24 heavy (non-hydrogen) atoms. The zero-order valence-corrected chi connectivity index (χ0v) is 15.7. The molecule has 1 saturated heterocycles. The van der Waals surface area contributed by atoms with E-state index in [2.05, 4.69) is 36.1 Å². The fraction of sp³-hybridized carbons (Fsp3) is 0.500. The van der Waals surface area contributed by atoms with Crippen molar-refractivity contribution in [2.24, 2.45) is 0 Å². The molecule has 1 amide bonds. The van der Waals surface area contributed by atoms with Crippen molar-refractivity contribution in [3.05, 3.63) is 33.9 Å². The summed E-state index contributed by atoms with van der Waals surface area (Å²) in [6, 6.07) is 1.84. The van der Waals surface area contributed by atoms with Gasteiger partial charge in [0, 0.05) is 43.8 Å². The minimum absolute atomic E-state index is 0.00413. The van der Waals surface area contributed by atoms with Gasteiger partial charge in [0.25, 0.3) is 5.91 Å². The number of halogens is 1. The lowest BCUT2D eigenvalue weighted by atomic mass is 9.96. The Morgan fingerprint density at radius 2 is 2.25 bits per heavy atom. The van der Waals surface area contributed by atoms with Crippen LogP contribution in [0, 0.1) is 6.92 Å². The number of H-pyrrole nitrogens is 1. The van der Waals surface area contributed by atoms with Crippen LogP contribution in [0.4, 0.5) is 5.82 Å². The first kappa shape index (κ1) is 16.9. The van der Waals surface area contributed by atoms with Gasteiger partial charge < -0.3 is 9.80 Å². The van der Waals surface area contributed by atoms with Crippen molar-refractivity contribution < 1.29 is 4.79 Å². The normalized spacial score (nSPS) is 17.8. The zero-order valence-electron chi connectivity index (χ0n) is 14.1. The summed E-state index contributed by atoms with van der Waals surface area (Å²) in [5.41, 5.74) is 0.612. The van der Waals surface area contributed by atoms with E-state index >= 15 is 0 Å². The third-order valence-corrected chi connectivity index (χ3v) is 4.61. The molecule has 1 fully saturated rings. The van der Waals surface area contributed by atoms with E-state index in [-0.39, 0.29) is 11.8 Å². The summed E-state index contributed by atoms with van der Waals surface area (Å²) in [4.78, 5) is 25.6. The third-order valence-electron chi connectivity index (χ3n) is 4.18. The first-order valence-corrected chi connectivity index (χ1v) is 8.76. The van der Waals surface area contributed by atoms with Crippen molar-refractivity contribution in [3.8, 4) is 0 Å². The largest absolute Gasteiger partial charge is 0.362 e. The molecule has 8 heteroatoms. The zero-order chi connectivity index (χ0) is 17.3. The van der Waals surface area contributed by atoms with Crippen LogP contribution in [0.5, 0.6) is 0 Å². The molecular weight excluding hydrogens is 372 g/mol. The van der Waals surface area contributed by atoms with Gasteiger partial charge in [0.15, 0.2) is 5.82 Å². The second kappa shape index (κ2) is 6.88. The Bertz CT molecular complexity index is 744. The second-order valence-electron chi connectivity index (χ2n) is 6.29. The molecule has 128 valence electrons. The van der Waals surface area contributed by atoms with Gasteiger partial charge in [-0.25, -0.2) is 9.97 Å². The molecule has 1 aliphatic heterocycles. The van der Waals surface area contributed by atoms with Gasteiger partial charge in [-0.1, -0.05) is 0 Å². The number of hydrogen-bond donors (Lipinski definition) is 1. The van der Waals surface area contributed by atoms with Crippen molar-refractivity contribution in [2.45, 2.75) is 25.7 Å². The highest BCUT2D eigenvalue weighted by Gasteiger charge is 2.29. The Kier molecular flexibility index (Phi) is 4.84. The minimum atomic E-state index is 0.00413. The number of pyridine rings is 1. The summed E-state index contributed by atoms with van der Waals surface area (Å²) in [7, 11) is 3.78. The van der Waals surface area contributed by atoms with Crippen LogP contribution in [0.3, 0.4) is 0 Å². The fourth-order valence-corrected chi connectivity index (χ4v) is 3.36. The molecule has 0 spiro atoms. The number of rotatable bonds is 3. The lowest BCUT2D eigenvalue weighted by molar-refractivity contribution is 0.0705.